The summed E-state index contributed by atoms with van der Waals surface area (Å²) >= 11 is 0. The molecule has 0 saturated carbocycles. The van der Waals surface area contributed by atoms with Crippen molar-refractivity contribution in [3.05, 3.63) is 108 Å². The lowest BCUT2D eigenvalue weighted by atomic mass is 9.78. The van der Waals surface area contributed by atoms with Crippen molar-refractivity contribution in [3.63, 3.8) is 0 Å². The van der Waals surface area contributed by atoms with E-state index in [1.54, 1.807) is 18.3 Å². The smallest absolute Gasteiger partial charge is 0.286 e. The van der Waals surface area contributed by atoms with E-state index in [0.29, 0.717) is 12.3 Å². The van der Waals surface area contributed by atoms with Crippen LogP contribution < -0.4 is 10.1 Å². The lowest BCUT2D eigenvalue weighted by Gasteiger charge is -2.26. The van der Waals surface area contributed by atoms with Gasteiger partial charge < -0.3 is 14.5 Å². The predicted octanol–water partition coefficient (Wildman–Crippen LogP) is 5.20. The van der Waals surface area contributed by atoms with E-state index in [4.69, 9.17) is 9.15 Å². The van der Waals surface area contributed by atoms with Gasteiger partial charge >= 0.3 is 0 Å². The van der Waals surface area contributed by atoms with Gasteiger partial charge in [-0.05, 0) is 47.9 Å². The van der Waals surface area contributed by atoms with E-state index in [9.17, 15) is 4.79 Å². The number of benzene rings is 2. The van der Waals surface area contributed by atoms with Crippen molar-refractivity contribution in [1.29, 1.82) is 0 Å². The third-order valence-corrected chi connectivity index (χ3v) is 5.75. The molecule has 4 rings (SSSR count). The quantitative estimate of drug-likeness (QED) is 0.342. The molecule has 0 aliphatic heterocycles. The summed E-state index contributed by atoms with van der Waals surface area (Å²) < 4.78 is 13.4. The molecule has 2 aromatic carbocycles. The highest BCUT2D eigenvalue weighted by Crippen LogP contribution is 2.32. The zero-order valence-corrected chi connectivity index (χ0v) is 19.0. The molecule has 2 heterocycles. The molecule has 0 unspecified atom stereocenters. The van der Waals surface area contributed by atoms with Crippen LogP contribution in [0.1, 0.15) is 47.7 Å². The van der Waals surface area contributed by atoms with Gasteiger partial charge in [0.15, 0.2) is 5.76 Å². The zero-order valence-electron chi connectivity index (χ0n) is 19.0. The second kappa shape index (κ2) is 10.2. The van der Waals surface area contributed by atoms with E-state index >= 15 is 0 Å². The summed E-state index contributed by atoms with van der Waals surface area (Å²) in [5, 5.41) is 7.01. The van der Waals surface area contributed by atoms with Crippen LogP contribution in [0.4, 0.5) is 0 Å². The normalized spacial score (nSPS) is 11.3. The maximum absolute atomic E-state index is 12.3. The van der Waals surface area contributed by atoms with Crippen LogP contribution >= 0.6 is 0 Å². The van der Waals surface area contributed by atoms with Crippen LogP contribution in [0, 0.1) is 0 Å². The fraction of sp³-hybridized carbons (Fsp3) is 0.259. The van der Waals surface area contributed by atoms with Gasteiger partial charge in [0.2, 0.25) is 0 Å². The Bertz CT molecular complexity index is 1150. The average molecular weight is 444 g/mol. The average Bonchev–Trinajstić information content (AvgIpc) is 3.54. The molecule has 6 heteroatoms. The van der Waals surface area contributed by atoms with Crippen molar-refractivity contribution in [1.82, 2.24) is 15.1 Å². The van der Waals surface area contributed by atoms with Gasteiger partial charge in [-0.1, -0.05) is 56.3 Å². The molecule has 0 bridgehead atoms. The number of hydrogen-bond acceptors (Lipinski definition) is 4. The summed E-state index contributed by atoms with van der Waals surface area (Å²) in [5.41, 5.74) is 2.38. The van der Waals surface area contributed by atoms with E-state index in [-0.39, 0.29) is 23.7 Å². The number of nitrogens with one attached hydrogen (secondary N) is 1. The van der Waals surface area contributed by atoms with Gasteiger partial charge in [-0.25, -0.2) is 0 Å². The number of amides is 1. The van der Waals surface area contributed by atoms with Crippen LogP contribution in [0.25, 0.3) is 0 Å². The summed E-state index contributed by atoms with van der Waals surface area (Å²) in [6.07, 6.45) is 4.43. The number of hydrogen-bond donors (Lipinski definition) is 1. The summed E-state index contributed by atoms with van der Waals surface area (Å²) in [5.74, 6) is 1.41. The number of carbonyl (C=O) groups excluding carboxylic acids is 1. The molecule has 1 N–H and O–H groups in total. The molecule has 6 nitrogen and oxygen atoms in total. The highest BCUT2D eigenvalue weighted by atomic mass is 16.5. The van der Waals surface area contributed by atoms with Crippen molar-refractivity contribution in [2.24, 2.45) is 0 Å². The molecule has 0 fully saturated rings. The van der Waals surface area contributed by atoms with Gasteiger partial charge in [-0.2, -0.15) is 5.10 Å². The Labute approximate surface area is 194 Å². The topological polar surface area (TPSA) is 69.3 Å². The van der Waals surface area contributed by atoms with Crippen molar-refractivity contribution in [2.45, 2.75) is 38.8 Å². The largest absolute Gasteiger partial charge is 0.486 e. The summed E-state index contributed by atoms with van der Waals surface area (Å²) in [4.78, 5) is 12.3. The molecule has 33 heavy (non-hydrogen) atoms. The van der Waals surface area contributed by atoms with Crippen LogP contribution in [0.5, 0.6) is 5.75 Å². The fourth-order valence-corrected chi connectivity index (χ4v) is 3.68. The number of carbonyl (C=O) groups is 1. The molecule has 0 aliphatic rings. The van der Waals surface area contributed by atoms with E-state index in [1.807, 2.05) is 35.1 Å². The molecule has 0 spiro atoms. The van der Waals surface area contributed by atoms with Crippen LogP contribution in [0.2, 0.25) is 0 Å². The SMILES string of the molecule is CC(C)(c1ccccc1)c1ccc(OCc2ccc(C(=O)NCCCn3cccn3)o2)cc1. The summed E-state index contributed by atoms with van der Waals surface area (Å²) in [6.45, 7) is 5.99. The van der Waals surface area contributed by atoms with Crippen molar-refractivity contribution >= 4 is 5.91 Å². The Balaban J connectivity index is 1.26. The summed E-state index contributed by atoms with van der Waals surface area (Å²) in [7, 11) is 0. The Morgan fingerprint density at radius 1 is 1.00 bits per heavy atom. The van der Waals surface area contributed by atoms with E-state index in [1.165, 1.54) is 11.1 Å². The van der Waals surface area contributed by atoms with Gasteiger partial charge in [-0.3, -0.25) is 9.48 Å². The first-order valence-electron chi connectivity index (χ1n) is 11.2. The van der Waals surface area contributed by atoms with Gasteiger partial charge in [0.05, 0.1) is 0 Å². The number of nitrogens with zero attached hydrogens (tertiary/aromatic N) is 2. The Kier molecular flexibility index (Phi) is 6.93. The lowest BCUT2D eigenvalue weighted by Crippen LogP contribution is -2.24. The number of ether oxygens (including phenoxy) is 1. The molecule has 0 saturated heterocycles. The Morgan fingerprint density at radius 2 is 1.76 bits per heavy atom. The highest BCUT2D eigenvalue weighted by Gasteiger charge is 2.22. The van der Waals surface area contributed by atoms with Crippen molar-refractivity contribution in [3.8, 4) is 5.75 Å². The molecule has 0 radical (unpaired) electrons. The molecular weight excluding hydrogens is 414 g/mol. The molecule has 1 amide bonds. The molecule has 0 aliphatic carbocycles. The van der Waals surface area contributed by atoms with E-state index in [2.05, 4.69) is 60.7 Å². The second-order valence-corrected chi connectivity index (χ2v) is 8.45. The Morgan fingerprint density at radius 3 is 2.48 bits per heavy atom. The first-order valence-corrected chi connectivity index (χ1v) is 11.2. The second-order valence-electron chi connectivity index (χ2n) is 8.45. The van der Waals surface area contributed by atoms with Crippen LogP contribution in [-0.2, 0) is 18.6 Å². The van der Waals surface area contributed by atoms with Crippen LogP contribution in [-0.4, -0.2) is 22.2 Å². The predicted molar refractivity (Wildman–Crippen MR) is 127 cm³/mol. The van der Waals surface area contributed by atoms with Crippen LogP contribution in [0.3, 0.4) is 0 Å². The first-order chi connectivity index (χ1) is 16.0. The van der Waals surface area contributed by atoms with Gasteiger partial charge in [0.25, 0.3) is 5.91 Å². The third-order valence-electron chi connectivity index (χ3n) is 5.75. The highest BCUT2D eigenvalue weighted by molar-refractivity contribution is 5.91. The lowest BCUT2D eigenvalue weighted by molar-refractivity contribution is 0.0921. The molecular formula is C27H29N3O3. The van der Waals surface area contributed by atoms with Crippen molar-refractivity contribution < 1.29 is 13.9 Å². The molecule has 4 aromatic rings. The molecule has 170 valence electrons. The van der Waals surface area contributed by atoms with Crippen LogP contribution in [0.15, 0.2) is 89.6 Å². The summed E-state index contributed by atoms with van der Waals surface area (Å²) in [6, 6.07) is 23.9. The zero-order chi connectivity index (χ0) is 23.1. The minimum Gasteiger partial charge on any atom is -0.486 e. The van der Waals surface area contributed by atoms with Gasteiger partial charge in [0, 0.05) is 30.9 Å². The standard InChI is InChI=1S/C27H29N3O3/c1-27(2,21-8-4-3-5-9-21)22-10-12-23(13-11-22)32-20-24-14-15-25(33-24)26(31)28-16-6-18-30-19-7-17-29-30/h3-5,7-15,17,19H,6,16,18,20H2,1-2H3,(H,28,31). The maximum Gasteiger partial charge on any atom is 0.286 e. The number of aromatic nitrogens is 2. The monoisotopic (exact) mass is 443 g/mol. The van der Waals surface area contributed by atoms with Gasteiger partial charge in [-0.15, -0.1) is 0 Å². The van der Waals surface area contributed by atoms with E-state index in [0.717, 1.165) is 18.7 Å². The molecule has 2 aromatic heterocycles. The first kappa shape index (κ1) is 22.4. The third kappa shape index (κ3) is 5.71. The minimum atomic E-state index is -0.228. The molecule has 0 atom stereocenters. The van der Waals surface area contributed by atoms with E-state index < -0.39 is 0 Å². The fourth-order valence-electron chi connectivity index (χ4n) is 3.68. The Hall–Kier alpha value is -3.80. The van der Waals surface area contributed by atoms with Crippen molar-refractivity contribution in [2.75, 3.05) is 6.54 Å². The van der Waals surface area contributed by atoms with Gasteiger partial charge in [0.1, 0.15) is 18.1 Å². The minimum absolute atomic E-state index is 0.0958. The number of aryl methyl sites for hydroxylation is 1. The number of rotatable bonds is 10. The maximum atomic E-state index is 12.3. The number of furan rings is 1.